The van der Waals surface area contributed by atoms with Gasteiger partial charge in [0.1, 0.15) is 0 Å². The van der Waals surface area contributed by atoms with Crippen molar-refractivity contribution in [3.63, 3.8) is 0 Å². The molecule has 2 rings (SSSR count). The van der Waals surface area contributed by atoms with Crippen molar-refractivity contribution in [3.8, 4) is 0 Å². The Labute approximate surface area is 142 Å². The van der Waals surface area contributed by atoms with Crippen LogP contribution in [0.2, 0.25) is 5.02 Å². The molecule has 23 heavy (non-hydrogen) atoms. The van der Waals surface area contributed by atoms with Crippen LogP contribution in [0.5, 0.6) is 0 Å². The Kier molecular flexibility index (Phi) is 5.84. The Hall–Kier alpha value is -1.37. The van der Waals surface area contributed by atoms with Gasteiger partial charge in [-0.05, 0) is 37.0 Å². The fourth-order valence-electron chi connectivity index (χ4n) is 2.20. The molecule has 0 saturated heterocycles. The molecule has 0 saturated carbocycles. The average molecular weight is 356 g/mol. The smallest absolute Gasteiger partial charge is 0.240 e. The highest BCUT2D eigenvalue weighted by Gasteiger charge is 2.13. The zero-order valence-corrected chi connectivity index (χ0v) is 15.2. The van der Waals surface area contributed by atoms with Gasteiger partial charge < -0.3 is 0 Å². The first-order chi connectivity index (χ1) is 10.8. The van der Waals surface area contributed by atoms with Crippen LogP contribution in [-0.2, 0) is 16.6 Å². The first kappa shape index (κ1) is 18.0. The van der Waals surface area contributed by atoms with Crippen molar-refractivity contribution in [1.82, 2.24) is 14.5 Å². The lowest BCUT2D eigenvalue weighted by molar-refractivity contribution is 0.546. The highest BCUT2D eigenvalue weighted by molar-refractivity contribution is 7.89. The van der Waals surface area contributed by atoms with Crippen molar-refractivity contribution in [2.24, 2.45) is 0 Å². The molecule has 2 aromatic rings. The van der Waals surface area contributed by atoms with Gasteiger partial charge in [-0.1, -0.05) is 37.6 Å². The molecular weight excluding hydrogens is 334 g/mol. The maximum atomic E-state index is 12.2. The lowest BCUT2D eigenvalue weighted by atomic mass is 10.0. The summed E-state index contributed by atoms with van der Waals surface area (Å²) in [4.78, 5) is 0.292. The largest absolute Gasteiger partial charge is 0.268 e. The van der Waals surface area contributed by atoms with Gasteiger partial charge in [-0.3, -0.25) is 4.68 Å². The summed E-state index contributed by atoms with van der Waals surface area (Å²) >= 11 is 5.93. The summed E-state index contributed by atoms with van der Waals surface area (Å²) in [6, 6.07) is 7.01. The summed E-state index contributed by atoms with van der Waals surface area (Å²) in [5.74, 6) is 0.379. The minimum atomic E-state index is -3.47. The lowest BCUT2D eigenvalue weighted by Crippen LogP contribution is -2.25. The van der Waals surface area contributed by atoms with Gasteiger partial charge in [0.2, 0.25) is 10.0 Å². The molecule has 0 aliphatic heterocycles. The second-order valence-electron chi connectivity index (χ2n) is 5.78. The van der Waals surface area contributed by atoms with Crippen LogP contribution in [0, 0.1) is 6.92 Å². The quantitative estimate of drug-likeness (QED) is 0.775. The molecule has 0 radical (unpaired) electrons. The summed E-state index contributed by atoms with van der Waals surface area (Å²) in [6.45, 7) is 7.00. The molecule has 0 amide bonds. The van der Waals surface area contributed by atoms with Crippen LogP contribution in [0.25, 0.3) is 0 Å². The number of halogens is 1. The third-order valence-corrected chi connectivity index (χ3v) is 5.59. The molecular formula is C16H22ClN3O2S. The number of hydrogen-bond donors (Lipinski definition) is 1. The van der Waals surface area contributed by atoms with E-state index >= 15 is 0 Å². The maximum Gasteiger partial charge on any atom is 0.240 e. The van der Waals surface area contributed by atoms with E-state index in [-0.39, 0.29) is 0 Å². The van der Waals surface area contributed by atoms with Gasteiger partial charge in [0.05, 0.1) is 21.8 Å². The molecule has 1 aromatic carbocycles. The molecule has 5 nitrogen and oxygen atoms in total. The van der Waals surface area contributed by atoms with Crippen LogP contribution >= 0.6 is 11.6 Å². The number of sulfonamides is 1. The Bertz CT molecular complexity index is 752. The highest BCUT2D eigenvalue weighted by atomic mass is 35.5. The minimum absolute atomic E-state index is 0.292. The van der Waals surface area contributed by atoms with Crippen LogP contribution in [0.1, 0.15) is 37.4 Å². The van der Waals surface area contributed by atoms with Gasteiger partial charge in [-0.2, -0.15) is 5.10 Å². The van der Waals surface area contributed by atoms with Crippen LogP contribution in [-0.4, -0.2) is 24.7 Å². The Morgan fingerprint density at radius 1 is 1.26 bits per heavy atom. The monoisotopic (exact) mass is 355 g/mol. The van der Waals surface area contributed by atoms with Crippen LogP contribution in [0.4, 0.5) is 0 Å². The SMILES string of the molecule is Cc1c(Cl)cnn1CCCNS(=O)(=O)c1ccc(C(C)C)cc1. The van der Waals surface area contributed by atoms with E-state index in [1.165, 1.54) is 0 Å². The van der Waals surface area contributed by atoms with Gasteiger partial charge in [-0.15, -0.1) is 0 Å². The van der Waals surface area contributed by atoms with Crippen molar-refractivity contribution in [3.05, 3.63) is 46.7 Å². The van der Waals surface area contributed by atoms with Crippen LogP contribution in [0.3, 0.4) is 0 Å². The van der Waals surface area contributed by atoms with Gasteiger partial charge >= 0.3 is 0 Å². The molecule has 126 valence electrons. The standard InChI is InChI=1S/C16H22ClN3O2S/c1-12(2)14-5-7-15(8-6-14)23(21,22)19-9-4-10-20-13(3)16(17)11-18-20/h5-8,11-12,19H,4,9-10H2,1-3H3. The van der Waals surface area contributed by atoms with E-state index in [4.69, 9.17) is 11.6 Å². The molecule has 0 aliphatic rings. The number of nitrogens with zero attached hydrogens (tertiary/aromatic N) is 2. The molecule has 1 heterocycles. The fourth-order valence-corrected chi connectivity index (χ4v) is 3.42. The molecule has 0 fully saturated rings. The number of hydrogen-bond acceptors (Lipinski definition) is 3. The zero-order chi connectivity index (χ0) is 17.0. The molecule has 0 unspecified atom stereocenters. The van der Waals surface area contributed by atoms with Crippen molar-refractivity contribution in [2.75, 3.05) is 6.54 Å². The summed E-state index contributed by atoms with van der Waals surface area (Å²) in [5, 5.41) is 4.76. The number of rotatable bonds is 7. The third-order valence-electron chi connectivity index (χ3n) is 3.74. The number of benzene rings is 1. The molecule has 1 N–H and O–H groups in total. The van der Waals surface area contributed by atoms with E-state index < -0.39 is 10.0 Å². The summed E-state index contributed by atoms with van der Waals surface area (Å²) in [5.41, 5.74) is 2.01. The van der Waals surface area contributed by atoms with E-state index in [1.54, 1.807) is 23.0 Å². The van der Waals surface area contributed by atoms with Crippen LogP contribution in [0.15, 0.2) is 35.4 Å². The Morgan fingerprint density at radius 2 is 1.91 bits per heavy atom. The molecule has 0 aliphatic carbocycles. The normalized spacial score (nSPS) is 12.0. The Balaban J connectivity index is 1.90. The first-order valence-electron chi connectivity index (χ1n) is 7.59. The predicted octanol–water partition coefficient (Wildman–Crippen LogP) is 3.34. The minimum Gasteiger partial charge on any atom is -0.268 e. The zero-order valence-electron chi connectivity index (χ0n) is 13.6. The first-order valence-corrected chi connectivity index (χ1v) is 9.45. The number of aryl methyl sites for hydroxylation is 1. The summed E-state index contributed by atoms with van der Waals surface area (Å²) in [7, 11) is -3.47. The second kappa shape index (κ2) is 7.47. The van der Waals surface area contributed by atoms with Gasteiger partial charge in [-0.25, -0.2) is 13.1 Å². The predicted molar refractivity (Wildman–Crippen MR) is 92.3 cm³/mol. The van der Waals surface area contributed by atoms with E-state index in [2.05, 4.69) is 23.7 Å². The number of nitrogens with one attached hydrogen (secondary N) is 1. The van der Waals surface area contributed by atoms with E-state index in [0.717, 1.165) is 11.3 Å². The highest BCUT2D eigenvalue weighted by Crippen LogP contribution is 2.17. The van der Waals surface area contributed by atoms with E-state index in [1.807, 2.05) is 19.1 Å². The van der Waals surface area contributed by atoms with Gasteiger partial charge in [0.25, 0.3) is 0 Å². The molecule has 7 heteroatoms. The number of aromatic nitrogens is 2. The van der Waals surface area contributed by atoms with Crippen molar-refractivity contribution in [2.45, 2.75) is 44.6 Å². The lowest BCUT2D eigenvalue weighted by Gasteiger charge is -2.09. The average Bonchev–Trinajstić information content (AvgIpc) is 2.83. The third kappa shape index (κ3) is 4.56. The topological polar surface area (TPSA) is 64.0 Å². The van der Waals surface area contributed by atoms with Gasteiger partial charge in [0.15, 0.2) is 0 Å². The molecule has 0 spiro atoms. The van der Waals surface area contributed by atoms with Crippen molar-refractivity contribution in [1.29, 1.82) is 0 Å². The maximum absolute atomic E-state index is 12.2. The second-order valence-corrected chi connectivity index (χ2v) is 7.95. The van der Waals surface area contributed by atoms with Crippen LogP contribution < -0.4 is 4.72 Å². The summed E-state index contributed by atoms with van der Waals surface area (Å²) in [6.07, 6.45) is 2.24. The van der Waals surface area contributed by atoms with E-state index in [0.29, 0.717) is 35.3 Å². The van der Waals surface area contributed by atoms with Crippen molar-refractivity contribution >= 4 is 21.6 Å². The molecule has 0 bridgehead atoms. The van der Waals surface area contributed by atoms with Gasteiger partial charge in [0, 0.05) is 13.1 Å². The molecule has 0 atom stereocenters. The Morgan fingerprint density at radius 3 is 2.43 bits per heavy atom. The molecule has 1 aromatic heterocycles. The fraction of sp³-hybridized carbons (Fsp3) is 0.438. The van der Waals surface area contributed by atoms with E-state index in [9.17, 15) is 8.42 Å². The van der Waals surface area contributed by atoms with Crippen molar-refractivity contribution < 1.29 is 8.42 Å². The summed E-state index contributed by atoms with van der Waals surface area (Å²) < 4.78 is 28.9.